The highest BCUT2D eigenvalue weighted by Crippen LogP contribution is 2.27. The molecule has 0 heterocycles. The number of benzene rings is 2. The van der Waals surface area contributed by atoms with Crippen molar-refractivity contribution >= 4 is 27.3 Å². The first-order valence-electron chi connectivity index (χ1n) is 9.87. The smallest absolute Gasteiger partial charge is 0.264 e. The Morgan fingerprint density at radius 2 is 1.72 bits per heavy atom. The molecule has 0 saturated heterocycles. The third kappa shape index (κ3) is 5.23. The number of sulfonamides is 1. The number of hydrogen-bond donors (Lipinski definition) is 1. The average Bonchev–Trinajstić information content (AvgIpc) is 2.73. The summed E-state index contributed by atoms with van der Waals surface area (Å²) >= 11 is 0. The van der Waals surface area contributed by atoms with Gasteiger partial charge in [0.05, 0.1) is 10.6 Å². The van der Waals surface area contributed by atoms with Gasteiger partial charge >= 0.3 is 0 Å². The summed E-state index contributed by atoms with van der Waals surface area (Å²) in [5.74, 6) is -0.455. The minimum atomic E-state index is -3.91. The van der Waals surface area contributed by atoms with Gasteiger partial charge in [-0.1, -0.05) is 36.8 Å². The average molecular weight is 414 g/mol. The van der Waals surface area contributed by atoms with E-state index in [0.29, 0.717) is 5.69 Å². The van der Waals surface area contributed by atoms with E-state index in [1.54, 1.807) is 24.3 Å². The van der Waals surface area contributed by atoms with Crippen LogP contribution in [0, 0.1) is 13.8 Å². The van der Waals surface area contributed by atoms with E-state index in [9.17, 15) is 13.2 Å². The Morgan fingerprint density at radius 1 is 1.03 bits per heavy atom. The number of nitrogens with zero attached hydrogens (tertiary/aromatic N) is 2. The van der Waals surface area contributed by atoms with Crippen molar-refractivity contribution in [3.8, 4) is 0 Å². The Balaban J connectivity index is 1.91. The Bertz CT molecular complexity index is 993. The summed E-state index contributed by atoms with van der Waals surface area (Å²) in [6.45, 7) is 3.39. The Hall–Kier alpha value is -2.67. The predicted octanol–water partition coefficient (Wildman–Crippen LogP) is 3.94. The SMILES string of the molecule is Cc1ccc(C)c(N(CC(=O)NN=C2CCCCC2)S(=O)(=O)c2ccccc2)c1. The van der Waals surface area contributed by atoms with Gasteiger partial charge in [-0.25, -0.2) is 13.8 Å². The highest BCUT2D eigenvalue weighted by molar-refractivity contribution is 7.92. The minimum Gasteiger partial charge on any atom is -0.271 e. The van der Waals surface area contributed by atoms with Gasteiger partial charge in [0.15, 0.2) is 0 Å². The molecule has 0 radical (unpaired) electrons. The van der Waals surface area contributed by atoms with E-state index in [2.05, 4.69) is 10.5 Å². The van der Waals surface area contributed by atoms with Gasteiger partial charge in [-0.3, -0.25) is 9.10 Å². The van der Waals surface area contributed by atoms with Crippen LogP contribution in [0.15, 0.2) is 58.5 Å². The van der Waals surface area contributed by atoms with Crippen LogP contribution >= 0.6 is 0 Å². The van der Waals surface area contributed by atoms with Gasteiger partial charge in [0.2, 0.25) is 0 Å². The van der Waals surface area contributed by atoms with Crippen molar-refractivity contribution in [3.63, 3.8) is 0 Å². The van der Waals surface area contributed by atoms with Gasteiger partial charge in [0.1, 0.15) is 6.54 Å². The van der Waals surface area contributed by atoms with Crippen LogP contribution in [0.3, 0.4) is 0 Å². The second-order valence-electron chi connectivity index (χ2n) is 7.39. The fourth-order valence-electron chi connectivity index (χ4n) is 3.39. The second-order valence-corrected chi connectivity index (χ2v) is 9.25. The zero-order chi connectivity index (χ0) is 20.9. The maximum absolute atomic E-state index is 13.3. The molecule has 7 heteroatoms. The van der Waals surface area contributed by atoms with Crippen molar-refractivity contribution in [1.82, 2.24) is 5.43 Å². The molecule has 0 aliphatic heterocycles. The molecule has 0 atom stereocenters. The lowest BCUT2D eigenvalue weighted by Gasteiger charge is -2.25. The van der Waals surface area contributed by atoms with Crippen LogP contribution in [-0.2, 0) is 14.8 Å². The number of anilines is 1. The topological polar surface area (TPSA) is 78.8 Å². The summed E-state index contributed by atoms with van der Waals surface area (Å²) in [7, 11) is -3.91. The first-order chi connectivity index (χ1) is 13.9. The quantitative estimate of drug-likeness (QED) is 0.729. The highest BCUT2D eigenvalue weighted by atomic mass is 32.2. The van der Waals surface area contributed by atoms with Crippen molar-refractivity contribution in [2.45, 2.75) is 50.8 Å². The third-order valence-corrected chi connectivity index (χ3v) is 6.80. The van der Waals surface area contributed by atoms with Crippen molar-refractivity contribution in [1.29, 1.82) is 0 Å². The zero-order valence-electron chi connectivity index (χ0n) is 16.9. The molecule has 0 bridgehead atoms. The van der Waals surface area contributed by atoms with E-state index in [4.69, 9.17) is 0 Å². The normalized spacial score (nSPS) is 14.3. The van der Waals surface area contributed by atoms with Crippen molar-refractivity contribution < 1.29 is 13.2 Å². The number of carbonyl (C=O) groups is 1. The van der Waals surface area contributed by atoms with Crippen LogP contribution < -0.4 is 9.73 Å². The first kappa shape index (κ1) is 21.0. The van der Waals surface area contributed by atoms with E-state index in [1.807, 2.05) is 26.0 Å². The lowest BCUT2D eigenvalue weighted by atomic mass is 9.99. The summed E-state index contributed by atoms with van der Waals surface area (Å²) < 4.78 is 27.9. The van der Waals surface area contributed by atoms with Gasteiger partial charge in [0.25, 0.3) is 15.9 Å². The first-order valence-corrected chi connectivity index (χ1v) is 11.3. The largest absolute Gasteiger partial charge is 0.271 e. The predicted molar refractivity (Wildman–Crippen MR) is 116 cm³/mol. The molecule has 3 rings (SSSR count). The maximum Gasteiger partial charge on any atom is 0.264 e. The Labute approximate surface area is 172 Å². The van der Waals surface area contributed by atoms with E-state index in [0.717, 1.165) is 42.5 Å². The summed E-state index contributed by atoms with van der Waals surface area (Å²) in [6.07, 6.45) is 5.09. The summed E-state index contributed by atoms with van der Waals surface area (Å²) in [6, 6.07) is 13.7. The number of amides is 1. The summed E-state index contributed by atoms with van der Waals surface area (Å²) in [5.41, 5.74) is 5.71. The van der Waals surface area contributed by atoms with Gasteiger partial charge in [-0.15, -0.1) is 0 Å². The molecular formula is C22H27N3O3S. The molecule has 1 aliphatic carbocycles. The monoisotopic (exact) mass is 413 g/mol. The fraction of sp³-hybridized carbons (Fsp3) is 0.364. The minimum absolute atomic E-state index is 0.146. The van der Waals surface area contributed by atoms with Crippen LogP contribution in [0.4, 0.5) is 5.69 Å². The van der Waals surface area contributed by atoms with E-state index < -0.39 is 15.9 Å². The molecule has 2 aromatic carbocycles. The molecule has 0 spiro atoms. The second kappa shape index (κ2) is 9.22. The molecule has 1 aliphatic rings. The number of hydrogen-bond acceptors (Lipinski definition) is 4. The molecule has 0 aromatic heterocycles. The standard InChI is InChI=1S/C22H27N3O3S/c1-17-13-14-18(2)21(15-17)25(29(27,28)20-11-7-4-8-12-20)16-22(26)24-23-19-9-5-3-6-10-19/h4,7-8,11-15H,3,5-6,9-10,16H2,1-2H3,(H,24,26). The van der Waals surface area contributed by atoms with E-state index in [-0.39, 0.29) is 11.4 Å². The van der Waals surface area contributed by atoms with Gasteiger partial charge in [-0.2, -0.15) is 5.10 Å². The van der Waals surface area contributed by atoms with E-state index >= 15 is 0 Å². The molecule has 1 fully saturated rings. The molecule has 1 N–H and O–H groups in total. The van der Waals surface area contributed by atoms with Crippen LogP contribution in [0.2, 0.25) is 0 Å². The van der Waals surface area contributed by atoms with E-state index in [1.165, 1.54) is 22.9 Å². The van der Waals surface area contributed by atoms with Crippen molar-refractivity contribution in [2.75, 3.05) is 10.8 Å². The molecule has 0 unspecified atom stereocenters. The summed E-state index contributed by atoms with van der Waals surface area (Å²) in [5, 5.41) is 4.22. The molecule has 2 aromatic rings. The van der Waals surface area contributed by atoms with Crippen molar-refractivity contribution in [2.24, 2.45) is 5.10 Å². The number of aryl methyl sites for hydroxylation is 2. The highest BCUT2D eigenvalue weighted by Gasteiger charge is 2.28. The van der Waals surface area contributed by atoms with Crippen LogP contribution in [0.1, 0.15) is 43.2 Å². The fourth-order valence-corrected chi connectivity index (χ4v) is 4.88. The van der Waals surface area contributed by atoms with Gasteiger partial charge in [-0.05, 0) is 68.9 Å². The Kier molecular flexibility index (Phi) is 6.69. The van der Waals surface area contributed by atoms with Crippen LogP contribution in [0.5, 0.6) is 0 Å². The molecule has 6 nitrogen and oxygen atoms in total. The van der Waals surface area contributed by atoms with Gasteiger partial charge in [0, 0.05) is 5.71 Å². The number of hydrazone groups is 1. The molecule has 1 saturated carbocycles. The van der Waals surface area contributed by atoms with Gasteiger partial charge < -0.3 is 0 Å². The molecule has 29 heavy (non-hydrogen) atoms. The summed E-state index contributed by atoms with van der Waals surface area (Å²) in [4.78, 5) is 12.8. The number of carbonyl (C=O) groups excluding carboxylic acids is 1. The lowest BCUT2D eigenvalue weighted by molar-refractivity contribution is -0.119. The maximum atomic E-state index is 13.3. The van der Waals surface area contributed by atoms with Crippen molar-refractivity contribution in [3.05, 3.63) is 59.7 Å². The molecule has 154 valence electrons. The zero-order valence-corrected chi connectivity index (χ0v) is 17.7. The van der Waals surface area contributed by atoms with Crippen LogP contribution in [-0.4, -0.2) is 26.6 Å². The third-order valence-electron chi connectivity index (χ3n) is 5.02. The van der Waals surface area contributed by atoms with Crippen LogP contribution in [0.25, 0.3) is 0 Å². The molecular weight excluding hydrogens is 386 g/mol. The number of rotatable bonds is 6. The lowest BCUT2D eigenvalue weighted by Crippen LogP contribution is -2.40. The number of nitrogens with one attached hydrogen (secondary N) is 1. The molecule has 1 amide bonds. The Morgan fingerprint density at radius 3 is 2.41 bits per heavy atom.